The Balaban J connectivity index is 0.000000226. The molecule has 21 heteroatoms. The monoisotopic (exact) mass is 892 g/mol. The first-order valence-corrected chi connectivity index (χ1v) is 28.1. The first-order chi connectivity index (χ1) is 29.8. The van der Waals surface area contributed by atoms with Gasteiger partial charge in [0.25, 0.3) is 40.9 Å². The Morgan fingerprint density at radius 1 is 0.667 bits per heavy atom. The zero-order valence-corrected chi connectivity index (χ0v) is 40.1. The molecule has 4 N–H and O–H groups in total. The number of benzene rings is 2. The van der Waals surface area contributed by atoms with E-state index in [0.29, 0.717) is 47.5 Å². The summed E-state index contributed by atoms with van der Waals surface area (Å²) in [6, 6.07) is 20.0. The number of nitrogens with zero attached hydrogens (tertiary/aromatic N) is 7. The Labute approximate surface area is 396 Å². The molecule has 8 rings (SSSR count). The molecule has 6 heterocycles. The summed E-state index contributed by atoms with van der Waals surface area (Å²) in [5, 5.41) is 11.8. The molecule has 2 aliphatic heterocycles. The minimum absolute atomic E-state index is 0. The van der Waals surface area contributed by atoms with Gasteiger partial charge in [0, 0.05) is 99.0 Å². The molecule has 0 bridgehead atoms. The summed E-state index contributed by atoms with van der Waals surface area (Å²) in [6.45, 7) is 5.37. The summed E-state index contributed by atoms with van der Waals surface area (Å²) >= 11 is 2.89. The fourth-order valence-electron chi connectivity index (χ4n) is 7.54. The number of fused-ring (bicyclic) bond motifs is 2. The van der Waals surface area contributed by atoms with Crippen LogP contribution in [0.3, 0.4) is 0 Å². The Morgan fingerprint density at radius 3 is 1.51 bits per heavy atom. The average molecular weight is 893 g/mol. The molecule has 2 saturated heterocycles. The molecule has 6 aromatic rings. The minimum atomic E-state index is -0.850. The van der Waals surface area contributed by atoms with Crippen LogP contribution < -0.4 is 5.73 Å². The van der Waals surface area contributed by atoms with Crippen LogP contribution in [0.25, 0.3) is 22.1 Å². The van der Waals surface area contributed by atoms with E-state index in [1.54, 1.807) is 59.2 Å². The number of nitro groups is 1. The molecular formula is C42H42N10Na2O8S. The third-order valence-electron chi connectivity index (χ3n) is 10.6. The summed E-state index contributed by atoms with van der Waals surface area (Å²) in [5.41, 5.74) is 7.98. The first-order valence-electron chi connectivity index (χ1n) is 20.1. The molecule has 316 valence electrons. The van der Waals surface area contributed by atoms with Crippen molar-refractivity contribution in [2.24, 2.45) is 0 Å². The van der Waals surface area contributed by atoms with Gasteiger partial charge in [0.05, 0.1) is 21.4 Å². The van der Waals surface area contributed by atoms with Crippen molar-refractivity contribution in [3.63, 3.8) is 0 Å². The Kier molecular flexibility index (Phi) is 16.8. The molecule has 2 fully saturated rings. The first kappa shape index (κ1) is 48.6. The van der Waals surface area contributed by atoms with Gasteiger partial charge < -0.3 is 35.3 Å². The van der Waals surface area contributed by atoms with Crippen molar-refractivity contribution in [2.45, 2.75) is 25.9 Å². The number of nitrogens with two attached hydrogens (primary N) is 1. The number of aromatic nitrogens is 4. The molecule has 0 aliphatic carbocycles. The Hall–Kier alpha value is -5.41. The van der Waals surface area contributed by atoms with Gasteiger partial charge in [-0.05, 0) is 44.2 Å². The molecule has 63 heavy (non-hydrogen) atoms. The normalized spacial score (nSPS) is 15.9. The second-order valence-electron chi connectivity index (χ2n) is 14.4. The van der Waals surface area contributed by atoms with Crippen molar-refractivity contribution in [1.29, 1.82) is 0 Å². The van der Waals surface area contributed by atoms with E-state index < -0.39 is 34.3 Å². The van der Waals surface area contributed by atoms with Crippen LogP contribution in [-0.4, -0.2) is 175 Å². The number of nitrogens with one attached hydrogen (secondary N) is 2. The van der Waals surface area contributed by atoms with Gasteiger partial charge in [0.2, 0.25) is 0 Å². The van der Waals surface area contributed by atoms with E-state index in [4.69, 9.17) is 5.73 Å². The molecule has 2 aromatic carbocycles. The summed E-state index contributed by atoms with van der Waals surface area (Å²) in [6.07, 6.45) is 5.53. The predicted octanol–water partition coefficient (Wildman–Crippen LogP) is 3.08. The number of hydrogen-bond acceptors (Lipinski definition) is 11. The van der Waals surface area contributed by atoms with Crippen LogP contribution >= 0.6 is 13.5 Å². The molecule has 0 unspecified atom stereocenters. The third-order valence-corrected chi connectivity index (χ3v) is 10.6. The zero-order chi connectivity index (χ0) is 44.7. The summed E-state index contributed by atoms with van der Waals surface area (Å²) in [4.78, 5) is 108. The quantitative estimate of drug-likeness (QED) is 0.0692. The molecule has 0 spiro atoms. The zero-order valence-electron chi connectivity index (χ0n) is 35.1. The number of amides is 4. The average Bonchev–Trinajstić information content (AvgIpc) is 3.95. The van der Waals surface area contributed by atoms with Crippen LogP contribution in [0.5, 0.6) is 0 Å². The van der Waals surface area contributed by atoms with Crippen molar-refractivity contribution >= 4 is 126 Å². The number of nitrogen functional groups attached to an aromatic ring is 1. The molecule has 2 aliphatic rings. The second kappa shape index (κ2) is 21.8. The number of aromatic amines is 2. The number of piperazine rings is 2. The van der Waals surface area contributed by atoms with E-state index in [-0.39, 0.29) is 78.8 Å². The van der Waals surface area contributed by atoms with Gasteiger partial charge in [-0.2, -0.15) is 13.5 Å². The number of carbonyl (C=O) groups is 6. The van der Waals surface area contributed by atoms with Gasteiger partial charge in [-0.3, -0.25) is 38.9 Å². The van der Waals surface area contributed by atoms with Crippen molar-refractivity contribution in [3.8, 4) is 0 Å². The van der Waals surface area contributed by atoms with Gasteiger partial charge in [0.15, 0.2) is 0 Å². The van der Waals surface area contributed by atoms with Gasteiger partial charge >= 0.3 is 43.6 Å². The molecule has 4 aromatic heterocycles. The number of Topliss-reactive ketones (excluding diaryl/α,β-unsaturated/α-hetero) is 2. The topological polar surface area (TPSA) is 242 Å². The van der Waals surface area contributed by atoms with Crippen molar-refractivity contribution in [1.82, 2.24) is 39.5 Å². The van der Waals surface area contributed by atoms with E-state index in [2.05, 4.69) is 19.9 Å². The van der Waals surface area contributed by atoms with Crippen LogP contribution in [-0.2, 0) is 9.59 Å². The number of carbonyl (C=O) groups excluding carboxylic acids is 6. The molecule has 0 saturated carbocycles. The number of anilines is 1. The fraction of sp³-hybridized carbons (Fsp3) is 0.238. The molecule has 4 amide bonds. The Bertz CT molecular complexity index is 2660. The van der Waals surface area contributed by atoms with E-state index in [9.17, 15) is 38.9 Å². The van der Waals surface area contributed by atoms with Crippen LogP contribution in [0.1, 0.15) is 55.3 Å². The number of hydrogen-bond donors (Lipinski definition) is 3. The van der Waals surface area contributed by atoms with Crippen molar-refractivity contribution in [3.05, 3.63) is 130 Å². The van der Waals surface area contributed by atoms with E-state index in [1.165, 1.54) is 84.3 Å². The summed E-state index contributed by atoms with van der Waals surface area (Å²) in [7, 11) is 0. The maximum atomic E-state index is 12.9. The fourth-order valence-corrected chi connectivity index (χ4v) is 7.54. The SMILES string of the molecule is C[C@@H]1CN(C(=O)c2ccccc2)CCN1C(=O)C(=O)c1c[nH]c2nccc(N)c12.C[C@@H]1CN(C(=O)c2ccccc2)CCN1C(=O)C(=O)c1c[nH]c2nccc([N+](=O)[O-])c12.S.[Na][Na]. The van der Waals surface area contributed by atoms with Crippen LogP contribution in [0, 0.1) is 10.1 Å². The maximum absolute atomic E-state index is 12.9. The van der Waals surface area contributed by atoms with E-state index in [0.717, 1.165) is 0 Å². The van der Waals surface area contributed by atoms with Gasteiger partial charge in [-0.15, -0.1) is 0 Å². The van der Waals surface area contributed by atoms with Gasteiger partial charge in [0.1, 0.15) is 16.7 Å². The second-order valence-corrected chi connectivity index (χ2v) is 14.4. The van der Waals surface area contributed by atoms with E-state index >= 15 is 0 Å². The van der Waals surface area contributed by atoms with Crippen LogP contribution in [0.15, 0.2) is 97.6 Å². The van der Waals surface area contributed by atoms with Gasteiger partial charge in [-0.25, -0.2) is 9.97 Å². The van der Waals surface area contributed by atoms with Crippen LogP contribution in [0.4, 0.5) is 11.4 Å². The summed E-state index contributed by atoms with van der Waals surface area (Å²) < 4.78 is 0. The molecule has 18 nitrogen and oxygen atoms in total. The van der Waals surface area contributed by atoms with E-state index in [1.807, 2.05) is 31.2 Å². The molecule has 2 atom stereocenters. The summed E-state index contributed by atoms with van der Waals surface area (Å²) in [5.74, 6) is -3.06. The predicted molar refractivity (Wildman–Crippen MR) is 241 cm³/mol. The van der Waals surface area contributed by atoms with Crippen molar-refractivity contribution in [2.75, 3.05) is 45.0 Å². The van der Waals surface area contributed by atoms with Gasteiger partial charge in [-0.1, -0.05) is 36.4 Å². The number of pyridine rings is 2. The number of H-pyrrole nitrogens is 2. The number of rotatable bonds is 7. The number of ketones is 2. The molecular weight excluding hydrogens is 851 g/mol. The third kappa shape index (κ3) is 10.5. The molecule has 0 radical (unpaired) electrons. The standard InChI is InChI=1S/C21H19N5O5.C21H21N5O3.2Na.H2S/c1-13-12-24(20(28)14-5-3-2-4-6-14)9-10-25(13)21(29)18(27)15-11-23-19-17(15)16(26(30)31)7-8-22-19;1-13-12-25(20(28)14-5-3-2-4-6-14)9-10-26(13)21(29)18(27)15-11-24-19-17(15)16(22)7-8-23-19;;;/h2-8,11,13H,9-10,12H2,1H3,(H,22,23);2-8,11,13H,9-10,12H2,1H3,(H3,22,23,24);;;1H2/t2*13-;;;/m11.../s1. The Morgan fingerprint density at radius 2 is 1.08 bits per heavy atom. The van der Waals surface area contributed by atoms with Crippen LogP contribution in [0.2, 0.25) is 0 Å². The van der Waals surface area contributed by atoms with Crippen molar-refractivity contribution < 1.29 is 33.7 Å².